The number of carbonyl (C=O) groups excluding carboxylic acids is 2. The number of benzene rings is 1. The normalized spacial score (nSPS) is 18.7. The summed E-state index contributed by atoms with van der Waals surface area (Å²) in [5, 5.41) is 4.21. The molecule has 0 radical (unpaired) electrons. The zero-order chi connectivity index (χ0) is 18.6. The van der Waals surface area contributed by atoms with Crippen molar-refractivity contribution in [2.24, 2.45) is 5.92 Å². The summed E-state index contributed by atoms with van der Waals surface area (Å²) in [5.74, 6) is -1.81. The second kappa shape index (κ2) is 7.52. The molecule has 1 aliphatic heterocycles. The number of hydrogen-bond acceptors (Lipinski definition) is 5. The predicted octanol–water partition coefficient (Wildman–Crippen LogP) is 0.468. The standard InChI is InChI=1S/C17H18N4O4S/c22-16(19-20-17(23)14-8-9-26(24,25)12-14)7-6-13-10-18-21(11-13)15-4-2-1-3-5-15/h1-7,10-11,14H,8-9,12H2,(H,19,22)(H,20,23)/b7-6+/t14-/m0/s1. The van der Waals surface area contributed by atoms with Crippen molar-refractivity contribution < 1.29 is 18.0 Å². The van der Waals surface area contributed by atoms with Gasteiger partial charge in [-0.2, -0.15) is 5.10 Å². The molecule has 3 rings (SSSR count). The molecule has 0 unspecified atom stereocenters. The van der Waals surface area contributed by atoms with E-state index in [-0.39, 0.29) is 17.9 Å². The molecule has 1 aromatic heterocycles. The summed E-state index contributed by atoms with van der Waals surface area (Å²) < 4.78 is 24.4. The first-order valence-corrected chi connectivity index (χ1v) is 9.83. The van der Waals surface area contributed by atoms with Gasteiger partial charge in [-0.05, 0) is 24.6 Å². The molecule has 2 amide bonds. The first-order chi connectivity index (χ1) is 12.4. The van der Waals surface area contributed by atoms with Gasteiger partial charge < -0.3 is 0 Å². The Labute approximate surface area is 150 Å². The average Bonchev–Trinajstić information content (AvgIpc) is 3.25. The van der Waals surface area contributed by atoms with E-state index in [0.29, 0.717) is 0 Å². The maximum atomic E-state index is 11.8. The lowest BCUT2D eigenvalue weighted by Gasteiger charge is -2.09. The first kappa shape index (κ1) is 17.9. The molecule has 0 bridgehead atoms. The Hall–Kier alpha value is -2.94. The summed E-state index contributed by atoms with van der Waals surface area (Å²) in [4.78, 5) is 23.6. The number of amides is 2. The van der Waals surface area contributed by atoms with Crippen LogP contribution in [0.2, 0.25) is 0 Å². The predicted molar refractivity (Wildman–Crippen MR) is 95.6 cm³/mol. The van der Waals surface area contributed by atoms with Gasteiger partial charge >= 0.3 is 0 Å². The van der Waals surface area contributed by atoms with Crippen molar-refractivity contribution in [1.82, 2.24) is 20.6 Å². The molecule has 1 fully saturated rings. The Balaban J connectivity index is 1.51. The van der Waals surface area contributed by atoms with Crippen molar-refractivity contribution in [3.63, 3.8) is 0 Å². The number of aromatic nitrogens is 2. The van der Waals surface area contributed by atoms with Gasteiger partial charge in [-0.1, -0.05) is 18.2 Å². The fourth-order valence-corrected chi connectivity index (χ4v) is 4.33. The van der Waals surface area contributed by atoms with Gasteiger partial charge in [0.1, 0.15) is 0 Å². The highest BCUT2D eigenvalue weighted by Gasteiger charge is 2.32. The van der Waals surface area contributed by atoms with Crippen LogP contribution in [0.5, 0.6) is 0 Å². The molecular weight excluding hydrogens is 356 g/mol. The number of nitrogens with one attached hydrogen (secondary N) is 2. The van der Waals surface area contributed by atoms with Gasteiger partial charge in [-0.15, -0.1) is 0 Å². The highest BCUT2D eigenvalue weighted by atomic mass is 32.2. The van der Waals surface area contributed by atoms with Crippen molar-refractivity contribution >= 4 is 27.7 Å². The summed E-state index contributed by atoms with van der Waals surface area (Å²) in [7, 11) is -3.14. The molecule has 1 aliphatic rings. The van der Waals surface area contributed by atoms with E-state index in [1.54, 1.807) is 23.2 Å². The molecule has 9 heteroatoms. The minimum absolute atomic E-state index is 0.00431. The lowest BCUT2D eigenvalue weighted by atomic mass is 10.1. The number of sulfone groups is 1. The lowest BCUT2D eigenvalue weighted by Crippen LogP contribution is -2.44. The average molecular weight is 374 g/mol. The highest BCUT2D eigenvalue weighted by molar-refractivity contribution is 7.91. The van der Waals surface area contributed by atoms with E-state index < -0.39 is 27.6 Å². The van der Waals surface area contributed by atoms with Gasteiger partial charge in [0.15, 0.2) is 9.84 Å². The van der Waals surface area contributed by atoms with Crippen molar-refractivity contribution in [2.45, 2.75) is 6.42 Å². The van der Waals surface area contributed by atoms with E-state index in [0.717, 1.165) is 11.3 Å². The maximum Gasteiger partial charge on any atom is 0.262 e. The third kappa shape index (κ3) is 4.57. The van der Waals surface area contributed by atoms with E-state index in [1.165, 1.54) is 6.08 Å². The second-order valence-electron chi connectivity index (χ2n) is 5.97. The molecule has 2 aromatic rings. The summed E-state index contributed by atoms with van der Waals surface area (Å²) in [5.41, 5.74) is 6.12. The molecule has 0 saturated carbocycles. The largest absolute Gasteiger partial charge is 0.273 e. The Morgan fingerprint density at radius 3 is 2.65 bits per heavy atom. The van der Waals surface area contributed by atoms with E-state index >= 15 is 0 Å². The fraction of sp³-hybridized carbons (Fsp3) is 0.235. The molecule has 0 spiro atoms. The first-order valence-electron chi connectivity index (χ1n) is 8.01. The van der Waals surface area contributed by atoms with Crippen LogP contribution in [-0.2, 0) is 19.4 Å². The molecule has 0 aliphatic carbocycles. The molecule has 1 aromatic carbocycles. The lowest BCUT2D eigenvalue weighted by molar-refractivity contribution is -0.129. The second-order valence-corrected chi connectivity index (χ2v) is 8.19. The van der Waals surface area contributed by atoms with Crippen molar-refractivity contribution in [3.8, 4) is 5.69 Å². The van der Waals surface area contributed by atoms with Gasteiger partial charge in [0.25, 0.3) is 5.91 Å². The van der Waals surface area contributed by atoms with Gasteiger partial charge in [-0.25, -0.2) is 13.1 Å². The van der Waals surface area contributed by atoms with Gasteiger partial charge in [0.05, 0.1) is 29.3 Å². The topological polar surface area (TPSA) is 110 Å². The van der Waals surface area contributed by atoms with E-state index in [2.05, 4.69) is 16.0 Å². The summed E-state index contributed by atoms with van der Waals surface area (Å²) in [6, 6.07) is 9.53. The van der Waals surface area contributed by atoms with Crippen LogP contribution in [0.15, 0.2) is 48.8 Å². The van der Waals surface area contributed by atoms with Crippen LogP contribution >= 0.6 is 0 Å². The minimum atomic E-state index is -3.14. The van der Waals surface area contributed by atoms with Crippen LogP contribution in [0.25, 0.3) is 11.8 Å². The van der Waals surface area contributed by atoms with Crippen LogP contribution in [-0.4, -0.2) is 41.5 Å². The van der Waals surface area contributed by atoms with Gasteiger partial charge in [0.2, 0.25) is 5.91 Å². The molecule has 2 heterocycles. The molecular formula is C17H18N4O4S. The van der Waals surface area contributed by atoms with Crippen molar-refractivity contribution in [3.05, 3.63) is 54.4 Å². The third-order valence-electron chi connectivity index (χ3n) is 3.96. The van der Waals surface area contributed by atoms with Crippen LogP contribution in [0.3, 0.4) is 0 Å². The zero-order valence-corrected chi connectivity index (χ0v) is 14.6. The Morgan fingerprint density at radius 1 is 1.19 bits per heavy atom. The molecule has 2 N–H and O–H groups in total. The minimum Gasteiger partial charge on any atom is -0.273 e. The Morgan fingerprint density at radius 2 is 1.96 bits per heavy atom. The van der Waals surface area contributed by atoms with Crippen LogP contribution < -0.4 is 10.9 Å². The summed E-state index contributed by atoms with van der Waals surface area (Å²) in [6.07, 6.45) is 6.48. The van der Waals surface area contributed by atoms with E-state index in [1.807, 2.05) is 30.3 Å². The van der Waals surface area contributed by atoms with Crippen molar-refractivity contribution in [1.29, 1.82) is 0 Å². The third-order valence-corrected chi connectivity index (χ3v) is 5.73. The number of carbonyl (C=O) groups is 2. The number of hydrogen-bond donors (Lipinski definition) is 2. The molecule has 1 saturated heterocycles. The van der Waals surface area contributed by atoms with Crippen LogP contribution in [0.1, 0.15) is 12.0 Å². The van der Waals surface area contributed by atoms with Crippen LogP contribution in [0, 0.1) is 5.92 Å². The van der Waals surface area contributed by atoms with E-state index in [4.69, 9.17) is 0 Å². The summed E-state index contributed by atoms with van der Waals surface area (Å²) in [6.45, 7) is 0. The quantitative estimate of drug-likeness (QED) is 0.597. The molecule has 136 valence electrons. The molecule has 1 atom stereocenters. The number of rotatable bonds is 4. The molecule has 26 heavy (non-hydrogen) atoms. The Kier molecular flexibility index (Phi) is 5.17. The summed E-state index contributed by atoms with van der Waals surface area (Å²) >= 11 is 0. The van der Waals surface area contributed by atoms with Gasteiger partial charge in [-0.3, -0.25) is 20.4 Å². The number of para-hydroxylation sites is 1. The maximum absolute atomic E-state index is 11.8. The highest BCUT2D eigenvalue weighted by Crippen LogP contribution is 2.18. The fourth-order valence-electron chi connectivity index (χ4n) is 2.59. The Bertz CT molecular complexity index is 935. The zero-order valence-electron chi connectivity index (χ0n) is 13.8. The SMILES string of the molecule is O=C(/C=C/c1cnn(-c2ccccc2)c1)NNC(=O)[C@H]1CCS(=O)(=O)C1. The number of nitrogens with zero attached hydrogens (tertiary/aromatic N) is 2. The van der Waals surface area contributed by atoms with Crippen LogP contribution in [0.4, 0.5) is 0 Å². The van der Waals surface area contributed by atoms with E-state index in [9.17, 15) is 18.0 Å². The number of hydrazine groups is 1. The monoisotopic (exact) mass is 374 g/mol. The smallest absolute Gasteiger partial charge is 0.262 e. The van der Waals surface area contributed by atoms with Gasteiger partial charge in [0, 0.05) is 17.8 Å². The van der Waals surface area contributed by atoms with Crippen molar-refractivity contribution in [2.75, 3.05) is 11.5 Å². The molecule has 8 nitrogen and oxygen atoms in total.